The molecule has 0 unspecified atom stereocenters. The van der Waals surface area contributed by atoms with Crippen molar-refractivity contribution < 1.29 is 12.8 Å². The van der Waals surface area contributed by atoms with Crippen LogP contribution in [0.15, 0.2) is 58.3 Å². The highest BCUT2D eigenvalue weighted by molar-refractivity contribution is 7.92. The van der Waals surface area contributed by atoms with Crippen molar-refractivity contribution in [3.05, 3.63) is 70.3 Å². The molecule has 3 aromatic rings. The first-order valence-electron chi connectivity index (χ1n) is 7.62. The Labute approximate surface area is 159 Å². The van der Waals surface area contributed by atoms with E-state index < -0.39 is 22.0 Å². The van der Waals surface area contributed by atoms with Gasteiger partial charge in [-0.15, -0.1) is 11.3 Å². The van der Waals surface area contributed by atoms with Gasteiger partial charge in [-0.25, -0.2) is 17.8 Å². The normalized spacial score (nSPS) is 12.2. The van der Waals surface area contributed by atoms with Crippen LogP contribution in [0.3, 0.4) is 0 Å². The largest absolute Gasteiger partial charge is 0.365 e. The summed E-state index contributed by atoms with van der Waals surface area (Å²) in [5, 5.41) is 13.8. The summed E-state index contributed by atoms with van der Waals surface area (Å²) >= 11 is 1.25. The first-order chi connectivity index (χ1) is 12.9. The minimum atomic E-state index is -3.90. The SMILES string of the molecule is N#Cc1cc(S(=O)(=O)Nc2cscn2)ccc1N[C@@H](N)c1ccccc1F. The first kappa shape index (κ1) is 18.8. The lowest BCUT2D eigenvalue weighted by Crippen LogP contribution is -2.22. The van der Waals surface area contributed by atoms with Gasteiger partial charge in [0, 0.05) is 10.9 Å². The maximum Gasteiger partial charge on any atom is 0.263 e. The summed E-state index contributed by atoms with van der Waals surface area (Å²) in [7, 11) is -3.90. The Hall–Kier alpha value is -3.00. The van der Waals surface area contributed by atoms with Crippen molar-refractivity contribution in [1.29, 1.82) is 5.26 Å². The summed E-state index contributed by atoms with van der Waals surface area (Å²) in [6, 6.07) is 11.9. The van der Waals surface area contributed by atoms with Crippen LogP contribution in [0, 0.1) is 17.1 Å². The maximum absolute atomic E-state index is 13.8. The summed E-state index contributed by atoms with van der Waals surface area (Å²) in [6.45, 7) is 0. The average molecular weight is 403 g/mol. The van der Waals surface area contributed by atoms with Gasteiger partial charge in [0.15, 0.2) is 5.82 Å². The molecule has 27 heavy (non-hydrogen) atoms. The number of halogens is 1. The van der Waals surface area contributed by atoms with E-state index in [0.29, 0.717) is 5.69 Å². The molecule has 0 bridgehead atoms. The summed E-state index contributed by atoms with van der Waals surface area (Å²) in [5.74, 6) is -0.287. The molecule has 1 aromatic heterocycles. The fourth-order valence-corrected chi connectivity index (χ4v) is 3.92. The quantitative estimate of drug-likeness (QED) is 0.544. The van der Waals surface area contributed by atoms with E-state index in [0.717, 1.165) is 0 Å². The zero-order valence-corrected chi connectivity index (χ0v) is 15.4. The highest BCUT2D eigenvalue weighted by Crippen LogP contribution is 2.25. The molecule has 1 heterocycles. The lowest BCUT2D eigenvalue weighted by Gasteiger charge is -2.17. The number of sulfonamides is 1. The third-order valence-corrected chi connectivity index (χ3v) is 5.58. The van der Waals surface area contributed by atoms with Gasteiger partial charge in [0.25, 0.3) is 10.0 Å². The van der Waals surface area contributed by atoms with Crippen LogP contribution in [0.5, 0.6) is 0 Å². The van der Waals surface area contributed by atoms with E-state index in [1.807, 2.05) is 6.07 Å². The number of nitriles is 1. The topological polar surface area (TPSA) is 121 Å². The van der Waals surface area contributed by atoms with Gasteiger partial charge in [-0.3, -0.25) is 4.72 Å². The molecule has 0 saturated heterocycles. The van der Waals surface area contributed by atoms with Crippen LogP contribution in [-0.4, -0.2) is 13.4 Å². The van der Waals surface area contributed by atoms with E-state index in [2.05, 4.69) is 15.0 Å². The number of nitrogens with two attached hydrogens (primary N) is 1. The lowest BCUT2D eigenvalue weighted by molar-refractivity contribution is 0.596. The summed E-state index contributed by atoms with van der Waals surface area (Å²) in [6.07, 6.45) is -0.908. The van der Waals surface area contributed by atoms with Gasteiger partial charge in [0.1, 0.15) is 18.1 Å². The molecule has 0 amide bonds. The predicted octanol–water partition coefficient (Wildman–Crippen LogP) is 3.02. The van der Waals surface area contributed by atoms with Crippen molar-refractivity contribution in [3.63, 3.8) is 0 Å². The van der Waals surface area contributed by atoms with Crippen molar-refractivity contribution in [3.8, 4) is 6.07 Å². The Balaban J connectivity index is 1.87. The second kappa shape index (κ2) is 7.71. The molecule has 2 aromatic carbocycles. The van der Waals surface area contributed by atoms with E-state index in [-0.39, 0.29) is 21.8 Å². The van der Waals surface area contributed by atoms with Crippen LogP contribution >= 0.6 is 11.3 Å². The lowest BCUT2D eigenvalue weighted by atomic mass is 10.1. The Morgan fingerprint density at radius 3 is 2.70 bits per heavy atom. The summed E-state index contributed by atoms with van der Waals surface area (Å²) in [4.78, 5) is 3.77. The number of nitrogens with zero attached hydrogens (tertiary/aromatic N) is 2. The monoisotopic (exact) mass is 403 g/mol. The highest BCUT2D eigenvalue weighted by Gasteiger charge is 2.18. The molecule has 0 saturated carbocycles. The van der Waals surface area contributed by atoms with Gasteiger partial charge in [-0.05, 0) is 24.3 Å². The maximum atomic E-state index is 13.8. The van der Waals surface area contributed by atoms with E-state index in [4.69, 9.17) is 5.73 Å². The Kier molecular flexibility index (Phi) is 5.36. The number of aromatic nitrogens is 1. The summed E-state index contributed by atoms with van der Waals surface area (Å²) < 4.78 is 41.0. The van der Waals surface area contributed by atoms with Crippen molar-refractivity contribution in [1.82, 2.24) is 4.98 Å². The second-order valence-electron chi connectivity index (χ2n) is 5.44. The van der Waals surface area contributed by atoms with Crippen LogP contribution in [0.2, 0.25) is 0 Å². The molecule has 0 fully saturated rings. The van der Waals surface area contributed by atoms with Gasteiger partial charge in [0.2, 0.25) is 0 Å². The number of nitrogens with one attached hydrogen (secondary N) is 2. The predicted molar refractivity (Wildman–Crippen MR) is 101 cm³/mol. The number of hydrogen-bond acceptors (Lipinski definition) is 7. The molecule has 0 aliphatic rings. The van der Waals surface area contributed by atoms with E-state index in [1.54, 1.807) is 17.5 Å². The molecular formula is C17H14FN5O2S2. The third kappa shape index (κ3) is 4.22. The Bertz CT molecular complexity index is 1090. The molecule has 10 heteroatoms. The molecular weight excluding hydrogens is 389 g/mol. The zero-order chi connectivity index (χ0) is 19.4. The van der Waals surface area contributed by atoms with Crippen LogP contribution in [0.4, 0.5) is 15.9 Å². The molecule has 0 spiro atoms. The minimum Gasteiger partial charge on any atom is -0.365 e. The smallest absolute Gasteiger partial charge is 0.263 e. The zero-order valence-electron chi connectivity index (χ0n) is 13.8. The summed E-state index contributed by atoms with van der Waals surface area (Å²) in [5.41, 5.74) is 8.04. The van der Waals surface area contributed by atoms with E-state index >= 15 is 0 Å². The number of benzene rings is 2. The van der Waals surface area contributed by atoms with E-state index in [9.17, 15) is 18.1 Å². The highest BCUT2D eigenvalue weighted by atomic mass is 32.2. The second-order valence-corrected chi connectivity index (χ2v) is 7.84. The van der Waals surface area contributed by atoms with Crippen molar-refractivity contribution in [2.24, 2.45) is 5.73 Å². The molecule has 0 radical (unpaired) electrons. The molecule has 0 aliphatic carbocycles. The number of rotatable bonds is 6. The standard InChI is InChI=1S/C17H14FN5O2S2/c18-14-4-2-1-3-13(14)17(20)22-15-6-5-12(7-11(15)8-19)27(24,25)23-16-9-26-10-21-16/h1-7,9-10,17,22-23H,20H2/t17-/m1/s1. The molecule has 0 aliphatic heterocycles. The van der Waals surface area contributed by atoms with Gasteiger partial charge >= 0.3 is 0 Å². The molecule has 4 N–H and O–H groups in total. The fraction of sp³-hybridized carbons (Fsp3) is 0.0588. The number of hydrogen-bond donors (Lipinski definition) is 3. The van der Waals surface area contributed by atoms with E-state index in [1.165, 1.54) is 47.2 Å². The third-order valence-electron chi connectivity index (χ3n) is 3.64. The van der Waals surface area contributed by atoms with Gasteiger partial charge in [-0.2, -0.15) is 5.26 Å². The van der Waals surface area contributed by atoms with Gasteiger partial charge < -0.3 is 11.1 Å². The van der Waals surface area contributed by atoms with Crippen molar-refractivity contribution in [2.45, 2.75) is 11.1 Å². The van der Waals surface area contributed by atoms with Gasteiger partial charge in [-0.1, -0.05) is 18.2 Å². The molecule has 7 nitrogen and oxygen atoms in total. The molecule has 138 valence electrons. The van der Waals surface area contributed by atoms with Gasteiger partial charge in [0.05, 0.1) is 21.7 Å². The Morgan fingerprint density at radius 1 is 1.26 bits per heavy atom. The number of anilines is 2. The van der Waals surface area contributed by atoms with Crippen LogP contribution in [0.25, 0.3) is 0 Å². The first-order valence-corrected chi connectivity index (χ1v) is 10.0. The molecule has 1 atom stereocenters. The van der Waals surface area contributed by atoms with Crippen LogP contribution in [-0.2, 0) is 10.0 Å². The van der Waals surface area contributed by atoms with Crippen molar-refractivity contribution >= 4 is 32.9 Å². The number of thiazole rings is 1. The molecule has 3 rings (SSSR count). The van der Waals surface area contributed by atoms with Crippen molar-refractivity contribution in [2.75, 3.05) is 10.0 Å². The average Bonchev–Trinajstić information content (AvgIpc) is 3.14. The minimum absolute atomic E-state index is 0.0583. The van der Waals surface area contributed by atoms with Crippen LogP contribution < -0.4 is 15.8 Å². The Morgan fingerprint density at radius 2 is 2.04 bits per heavy atom. The fourth-order valence-electron chi connectivity index (χ4n) is 2.34. The van der Waals surface area contributed by atoms with Crippen LogP contribution in [0.1, 0.15) is 17.3 Å².